The van der Waals surface area contributed by atoms with Crippen LogP contribution in [0, 0.1) is 11.3 Å². The Hall–Kier alpha value is -1.40. The van der Waals surface area contributed by atoms with E-state index in [4.69, 9.17) is 5.26 Å². The third kappa shape index (κ3) is 0.973. The first-order chi connectivity index (χ1) is 5.81. The van der Waals surface area contributed by atoms with Gasteiger partial charge in [-0.3, -0.25) is 4.98 Å². The molecule has 1 aromatic rings. The molecule has 12 heavy (non-hydrogen) atoms. The molecule has 0 aliphatic heterocycles. The lowest BCUT2D eigenvalue weighted by molar-refractivity contribution is 0.176. The molecular formula is C9H8N2O. The maximum Gasteiger partial charge on any atom is 0.101 e. The number of aryl methyl sites for hydroxylation is 1. The average molecular weight is 160 g/mol. The van der Waals surface area contributed by atoms with Gasteiger partial charge in [0.05, 0.1) is 17.4 Å². The molecule has 1 aliphatic rings. The fraction of sp³-hybridized carbons (Fsp3) is 0.333. The molecule has 0 spiro atoms. The summed E-state index contributed by atoms with van der Waals surface area (Å²) < 4.78 is 0. The quantitative estimate of drug-likeness (QED) is 0.614. The van der Waals surface area contributed by atoms with E-state index < -0.39 is 6.10 Å². The van der Waals surface area contributed by atoms with Crippen molar-refractivity contribution in [3.8, 4) is 6.07 Å². The minimum Gasteiger partial charge on any atom is -0.387 e. The molecule has 3 heteroatoms. The monoisotopic (exact) mass is 160 g/mol. The summed E-state index contributed by atoms with van der Waals surface area (Å²) in [7, 11) is 0. The number of hydrogen-bond acceptors (Lipinski definition) is 3. The Morgan fingerprint density at radius 3 is 3.25 bits per heavy atom. The van der Waals surface area contributed by atoms with Crippen molar-refractivity contribution in [2.24, 2.45) is 0 Å². The van der Waals surface area contributed by atoms with Crippen LogP contribution in [0.15, 0.2) is 12.3 Å². The van der Waals surface area contributed by atoms with Gasteiger partial charge in [0, 0.05) is 6.20 Å². The molecule has 60 valence electrons. The molecule has 0 amide bonds. The van der Waals surface area contributed by atoms with Crippen LogP contribution >= 0.6 is 0 Å². The fourth-order valence-corrected chi connectivity index (χ4v) is 1.51. The first kappa shape index (κ1) is 7.26. The molecule has 0 bridgehead atoms. The second kappa shape index (κ2) is 2.58. The predicted molar refractivity (Wildman–Crippen MR) is 42.2 cm³/mol. The minimum absolute atomic E-state index is 0.423. The lowest BCUT2D eigenvalue weighted by Gasteiger charge is -2.00. The molecule has 0 aromatic carbocycles. The standard InChI is InChI=1S/C9H8N2O/c10-4-6-3-7-1-2-8(12)9(7)11-5-6/h3,5,8,12H,1-2H2/t8-/m1/s1. The van der Waals surface area contributed by atoms with Gasteiger partial charge in [-0.05, 0) is 24.5 Å². The van der Waals surface area contributed by atoms with Gasteiger partial charge in [-0.15, -0.1) is 0 Å². The number of nitriles is 1. The molecule has 0 unspecified atom stereocenters. The van der Waals surface area contributed by atoms with Crippen molar-refractivity contribution in [3.05, 3.63) is 29.1 Å². The lowest BCUT2D eigenvalue weighted by atomic mass is 10.2. The summed E-state index contributed by atoms with van der Waals surface area (Å²) in [6, 6.07) is 3.83. The van der Waals surface area contributed by atoms with Crippen molar-refractivity contribution >= 4 is 0 Å². The number of aromatic nitrogens is 1. The Bertz CT molecular complexity index is 354. The predicted octanol–water partition coefficient (Wildman–Crippen LogP) is 0.933. The van der Waals surface area contributed by atoms with Crippen LogP contribution < -0.4 is 0 Å². The van der Waals surface area contributed by atoms with E-state index in [1.807, 2.05) is 6.07 Å². The van der Waals surface area contributed by atoms with E-state index in [0.29, 0.717) is 5.56 Å². The molecule has 1 aliphatic carbocycles. The molecule has 0 fully saturated rings. The van der Waals surface area contributed by atoms with Crippen molar-refractivity contribution < 1.29 is 5.11 Å². The maximum absolute atomic E-state index is 9.40. The van der Waals surface area contributed by atoms with E-state index >= 15 is 0 Å². The molecule has 1 N–H and O–H groups in total. The van der Waals surface area contributed by atoms with E-state index in [-0.39, 0.29) is 0 Å². The highest BCUT2D eigenvalue weighted by Crippen LogP contribution is 2.28. The van der Waals surface area contributed by atoms with Crippen LogP contribution in [0.25, 0.3) is 0 Å². The van der Waals surface area contributed by atoms with E-state index in [0.717, 1.165) is 24.1 Å². The number of fused-ring (bicyclic) bond motifs is 1. The molecule has 0 saturated heterocycles. The van der Waals surface area contributed by atoms with E-state index in [2.05, 4.69) is 4.98 Å². The number of nitrogens with zero attached hydrogens (tertiary/aromatic N) is 2. The highest BCUT2D eigenvalue weighted by atomic mass is 16.3. The summed E-state index contributed by atoms with van der Waals surface area (Å²) in [5, 5.41) is 18.0. The van der Waals surface area contributed by atoms with Crippen LogP contribution in [0.1, 0.15) is 29.3 Å². The Balaban J connectivity index is 2.50. The molecule has 0 saturated carbocycles. The molecule has 2 rings (SSSR count). The summed E-state index contributed by atoms with van der Waals surface area (Å²) in [6.45, 7) is 0. The summed E-state index contributed by atoms with van der Waals surface area (Å²) >= 11 is 0. The number of rotatable bonds is 0. The molecule has 1 aromatic heterocycles. The van der Waals surface area contributed by atoms with Crippen molar-refractivity contribution in [1.82, 2.24) is 4.98 Å². The van der Waals surface area contributed by atoms with Gasteiger partial charge < -0.3 is 5.11 Å². The average Bonchev–Trinajstić information content (AvgIpc) is 2.47. The molecule has 1 heterocycles. The number of pyridine rings is 1. The van der Waals surface area contributed by atoms with Crippen LogP contribution in [0.3, 0.4) is 0 Å². The smallest absolute Gasteiger partial charge is 0.101 e. The van der Waals surface area contributed by atoms with Crippen molar-refractivity contribution in [1.29, 1.82) is 5.26 Å². The summed E-state index contributed by atoms with van der Waals surface area (Å²) in [4.78, 5) is 4.04. The normalized spacial score (nSPS) is 20.2. The second-order valence-electron chi connectivity index (χ2n) is 2.93. The highest BCUT2D eigenvalue weighted by molar-refractivity contribution is 5.36. The second-order valence-corrected chi connectivity index (χ2v) is 2.93. The number of aliphatic hydroxyl groups is 1. The van der Waals surface area contributed by atoms with Crippen LogP contribution in [-0.2, 0) is 6.42 Å². The van der Waals surface area contributed by atoms with Gasteiger partial charge in [0.1, 0.15) is 6.07 Å². The highest BCUT2D eigenvalue weighted by Gasteiger charge is 2.21. The number of hydrogen-bond donors (Lipinski definition) is 1. The van der Waals surface area contributed by atoms with E-state index in [1.54, 1.807) is 6.07 Å². The zero-order chi connectivity index (χ0) is 8.55. The molecule has 1 atom stereocenters. The van der Waals surface area contributed by atoms with Gasteiger partial charge in [-0.2, -0.15) is 5.26 Å². The van der Waals surface area contributed by atoms with Crippen molar-refractivity contribution in [3.63, 3.8) is 0 Å². The van der Waals surface area contributed by atoms with Crippen LogP contribution in [0.4, 0.5) is 0 Å². The van der Waals surface area contributed by atoms with Gasteiger partial charge in [0.25, 0.3) is 0 Å². The Kier molecular flexibility index (Phi) is 1.56. The van der Waals surface area contributed by atoms with Gasteiger partial charge >= 0.3 is 0 Å². The summed E-state index contributed by atoms with van der Waals surface area (Å²) in [5.74, 6) is 0. The molecule has 0 radical (unpaired) electrons. The van der Waals surface area contributed by atoms with Crippen molar-refractivity contribution in [2.45, 2.75) is 18.9 Å². The summed E-state index contributed by atoms with van der Waals surface area (Å²) in [5.41, 5.74) is 2.33. The zero-order valence-corrected chi connectivity index (χ0v) is 6.49. The Morgan fingerprint density at radius 1 is 1.67 bits per heavy atom. The first-order valence-corrected chi connectivity index (χ1v) is 3.88. The zero-order valence-electron chi connectivity index (χ0n) is 6.49. The Labute approximate surface area is 70.3 Å². The number of aliphatic hydroxyl groups excluding tert-OH is 1. The molecule has 3 nitrogen and oxygen atoms in total. The summed E-state index contributed by atoms with van der Waals surface area (Å²) in [6.07, 6.45) is 2.65. The maximum atomic E-state index is 9.40. The minimum atomic E-state index is -0.423. The molecular weight excluding hydrogens is 152 g/mol. The van der Waals surface area contributed by atoms with Crippen LogP contribution in [-0.4, -0.2) is 10.1 Å². The van der Waals surface area contributed by atoms with Gasteiger partial charge in [0.2, 0.25) is 0 Å². The van der Waals surface area contributed by atoms with Gasteiger partial charge in [-0.25, -0.2) is 0 Å². The van der Waals surface area contributed by atoms with Crippen LogP contribution in [0.2, 0.25) is 0 Å². The third-order valence-corrected chi connectivity index (χ3v) is 2.13. The van der Waals surface area contributed by atoms with Gasteiger partial charge in [0.15, 0.2) is 0 Å². The largest absolute Gasteiger partial charge is 0.387 e. The van der Waals surface area contributed by atoms with E-state index in [1.165, 1.54) is 6.20 Å². The van der Waals surface area contributed by atoms with E-state index in [9.17, 15) is 5.11 Å². The Morgan fingerprint density at radius 2 is 2.50 bits per heavy atom. The fourth-order valence-electron chi connectivity index (χ4n) is 1.51. The van der Waals surface area contributed by atoms with Gasteiger partial charge in [-0.1, -0.05) is 0 Å². The topological polar surface area (TPSA) is 56.9 Å². The SMILES string of the molecule is N#Cc1cnc2c(c1)CC[C@H]2O. The lowest BCUT2D eigenvalue weighted by Crippen LogP contribution is -1.94. The van der Waals surface area contributed by atoms with Crippen LogP contribution in [0.5, 0.6) is 0 Å². The first-order valence-electron chi connectivity index (χ1n) is 3.88. The van der Waals surface area contributed by atoms with Crippen molar-refractivity contribution in [2.75, 3.05) is 0 Å². The third-order valence-electron chi connectivity index (χ3n) is 2.13.